The topological polar surface area (TPSA) is 113 Å². The number of carboxylic acid groups (broad SMARTS) is 1. The average molecular weight is 280 g/mol. The summed E-state index contributed by atoms with van der Waals surface area (Å²) in [7, 11) is -3.51. The molecule has 0 saturated heterocycles. The number of carboxylic acids is 1. The van der Waals surface area contributed by atoms with Gasteiger partial charge in [0.15, 0.2) is 0 Å². The molecule has 0 aliphatic heterocycles. The highest BCUT2D eigenvalue weighted by Gasteiger charge is 2.24. The molecule has 18 heavy (non-hydrogen) atoms. The molecule has 0 rings (SSSR count). The highest BCUT2D eigenvalue weighted by molar-refractivity contribution is 7.88. The Hall–Kier alpha value is -1.15. The second-order valence-corrected chi connectivity index (χ2v) is 6.42. The number of hydrogen-bond acceptors (Lipinski definition) is 4. The van der Waals surface area contributed by atoms with Crippen molar-refractivity contribution in [2.24, 2.45) is 5.92 Å². The summed E-state index contributed by atoms with van der Waals surface area (Å²) in [5.41, 5.74) is 0. The number of carbonyl (C=O) groups is 2. The molecule has 0 aromatic carbocycles. The van der Waals surface area contributed by atoms with E-state index in [1.165, 1.54) is 6.92 Å². The van der Waals surface area contributed by atoms with E-state index >= 15 is 0 Å². The summed E-state index contributed by atoms with van der Waals surface area (Å²) in [6.45, 7) is 5.02. The van der Waals surface area contributed by atoms with Crippen LogP contribution in [0.25, 0.3) is 0 Å². The minimum absolute atomic E-state index is 0.101. The normalized spacial score (nSPS) is 15.2. The van der Waals surface area contributed by atoms with Crippen molar-refractivity contribution in [1.82, 2.24) is 10.0 Å². The Bertz CT molecular complexity index is 404. The Labute approximate surface area is 107 Å². The third kappa shape index (κ3) is 7.23. The molecule has 0 aromatic rings. The summed E-state index contributed by atoms with van der Waals surface area (Å²) in [5, 5.41) is 11.2. The van der Waals surface area contributed by atoms with Crippen molar-refractivity contribution in [3.05, 3.63) is 0 Å². The summed E-state index contributed by atoms with van der Waals surface area (Å²) in [5.74, 6) is -1.69. The first kappa shape index (κ1) is 16.9. The first-order chi connectivity index (χ1) is 8.03. The molecule has 0 aromatic heterocycles. The minimum Gasteiger partial charge on any atom is -0.480 e. The monoisotopic (exact) mass is 280 g/mol. The highest BCUT2D eigenvalue weighted by Crippen LogP contribution is 2.05. The van der Waals surface area contributed by atoms with Crippen molar-refractivity contribution in [1.29, 1.82) is 0 Å². The van der Waals surface area contributed by atoms with Crippen molar-refractivity contribution in [2.75, 3.05) is 6.26 Å². The smallest absolute Gasteiger partial charge is 0.326 e. The number of sulfonamides is 1. The summed E-state index contributed by atoms with van der Waals surface area (Å²) < 4.78 is 24.0. The van der Waals surface area contributed by atoms with Gasteiger partial charge in [0, 0.05) is 0 Å². The van der Waals surface area contributed by atoms with Gasteiger partial charge in [0.2, 0.25) is 15.9 Å². The Morgan fingerprint density at radius 2 is 1.72 bits per heavy atom. The molecule has 0 saturated carbocycles. The molecule has 0 aliphatic carbocycles. The number of amides is 1. The van der Waals surface area contributed by atoms with Gasteiger partial charge >= 0.3 is 5.97 Å². The van der Waals surface area contributed by atoms with Gasteiger partial charge in [0.1, 0.15) is 6.04 Å². The van der Waals surface area contributed by atoms with Crippen LogP contribution in [-0.4, -0.2) is 43.7 Å². The van der Waals surface area contributed by atoms with Crippen LogP contribution in [0.3, 0.4) is 0 Å². The average Bonchev–Trinajstić information content (AvgIpc) is 2.12. The largest absolute Gasteiger partial charge is 0.480 e. The minimum atomic E-state index is -3.51. The van der Waals surface area contributed by atoms with Gasteiger partial charge in [-0.25, -0.2) is 17.9 Å². The molecule has 0 radical (unpaired) electrons. The van der Waals surface area contributed by atoms with Crippen LogP contribution in [0.5, 0.6) is 0 Å². The Kier molecular flexibility index (Phi) is 6.27. The van der Waals surface area contributed by atoms with Crippen molar-refractivity contribution in [2.45, 2.75) is 39.3 Å². The van der Waals surface area contributed by atoms with Gasteiger partial charge < -0.3 is 10.4 Å². The number of nitrogens with one attached hydrogen (secondary N) is 2. The van der Waals surface area contributed by atoms with Crippen LogP contribution in [0.1, 0.15) is 27.2 Å². The quantitative estimate of drug-likeness (QED) is 0.584. The number of rotatable bonds is 7. The first-order valence-corrected chi connectivity index (χ1v) is 7.42. The van der Waals surface area contributed by atoms with Gasteiger partial charge in [-0.1, -0.05) is 13.8 Å². The van der Waals surface area contributed by atoms with Gasteiger partial charge in [-0.2, -0.15) is 0 Å². The summed E-state index contributed by atoms with van der Waals surface area (Å²) in [4.78, 5) is 22.5. The zero-order chi connectivity index (χ0) is 14.5. The molecule has 0 aliphatic rings. The molecule has 8 heteroatoms. The Morgan fingerprint density at radius 1 is 1.22 bits per heavy atom. The molecule has 1 amide bonds. The van der Waals surface area contributed by atoms with Crippen molar-refractivity contribution >= 4 is 21.9 Å². The second-order valence-electron chi connectivity index (χ2n) is 4.64. The lowest BCUT2D eigenvalue weighted by molar-refractivity contribution is -0.142. The first-order valence-electron chi connectivity index (χ1n) is 5.53. The van der Waals surface area contributed by atoms with Crippen LogP contribution >= 0.6 is 0 Å². The van der Waals surface area contributed by atoms with E-state index < -0.39 is 34.0 Å². The number of hydrogen-bond donors (Lipinski definition) is 3. The van der Waals surface area contributed by atoms with Gasteiger partial charge in [-0.05, 0) is 19.3 Å². The Morgan fingerprint density at radius 3 is 2.06 bits per heavy atom. The zero-order valence-electron chi connectivity index (χ0n) is 10.9. The van der Waals surface area contributed by atoms with E-state index in [0.29, 0.717) is 0 Å². The number of carbonyl (C=O) groups excluding carboxylic acids is 1. The maximum Gasteiger partial charge on any atom is 0.326 e. The van der Waals surface area contributed by atoms with Crippen LogP contribution in [0.2, 0.25) is 0 Å². The van der Waals surface area contributed by atoms with Crippen molar-refractivity contribution in [3.63, 3.8) is 0 Å². The molecule has 0 bridgehead atoms. The van der Waals surface area contributed by atoms with Crippen LogP contribution in [0.15, 0.2) is 0 Å². The van der Waals surface area contributed by atoms with E-state index in [0.717, 1.165) is 6.26 Å². The molecule has 7 nitrogen and oxygen atoms in total. The van der Waals surface area contributed by atoms with E-state index in [1.807, 2.05) is 13.8 Å². The molecule has 2 unspecified atom stereocenters. The molecule has 106 valence electrons. The zero-order valence-corrected chi connectivity index (χ0v) is 11.7. The van der Waals surface area contributed by atoms with Gasteiger partial charge in [0.25, 0.3) is 0 Å². The van der Waals surface area contributed by atoms with Crippen LogP contribution in [0, 0.1) is 5.92 Å². The maximum absolute atomic E-state index is 11.6. The van der Waals surface area contributed by atoms with E-state index in [-0.39, 0.29) is 12.3 Å². The van der Waals surface area contributed by atoms with E-state index in [4.69, 9.17) is 5.11 Å². The fourth-order valence-electron chi connectivity index (χ4n) is 1.36. The summed E-state index contributed by atoms with van der Waals surface area (Å²) in [6, 6.07) is -2.02. The van der Waals surface area contributed by atoms with Crippen LogP contribution in [-0.2, 0) is 19.6 Å². The second kappa shape index (κ2) is 6.69. The molecule has 0 spiro atoms. The van der Waals surface area contributed by atoms with E-state index in [1.54, 1.807) is 0 Å². The van der Waals surface area contributed by atoms with Crippen molar-refractivity contribution in [3.8, 4) is 0 Å². The van der Waals surface area contributed by atoms with E-state index in [9.17, 15) is 18.0 Å². The van der Waals surface area contributed by atoms with Gasteiger partial charge in [-0.15, -0.1) is 0 Å². The third-order valence-electron chi connectivity index (χ3n) is 2.11. The molecule has 3 N–H and O–H groups in total. The predicted octanol–water partition coefficient (Wildman–Crippen LogP) is -0.460. The van der Waals surface area contributed by atoms with Crippen LogP contribution in [0.4, 0.5) is 0 Å². The molecular formula is C10H20N2O5S. The van der Waals surface area contributed by atoms with E-state index in [2.05, 4.69) is 10.0 Å². The van der Waals surface area contributed by atoms with Crippen LogP contribution < -0.4 is 10.0 Å². The van der Waals surface area contributed by atoms with Crippen molar-refractivity contribution < 1.29 is 23.1 Å². The highest BCUT2D eigenvalue weighted by atomic mass is 32.2. The molecule has 2 atom stereocenters. The molecular weight excluding hydrogens is 260 g/mol. The standard InChI is InChI=1S/C10H20N2O5S/c1-6(2)5-8(10(14)15)11-9(13)7(3)12-18(4,16)17/h6-8,12H,5H2,1-4H3,(H,11,13)(H,14,15). The molecule has 0 heterocycles. The maximum atomic E-state index is 11.6. The lowest BCUT2D eigenvalue weighted by Crippen LogP contribution is -2.50. The van der Waals surface area contributed by atoms with Gasteiger partial charge in [-0.3, -0.25) is 4.79 Å². The third-order valence-corrected chi connectivity index (χ3v) is 2.89. The van der Waals surface area contributed by atoms with Gasteiger partial charge in [0.05, 0.1) is 12.3 Å². The predicted molar refractivity (Wildman–Crippen MR) is 66.5 cm³/mol. The Balaban J connectivity index is 4.55. The fraction of sp³-hybridized carbons (Fsp3) is 0.800. The summed E-state index contributed by atoms with van der Waals surface area (Å²) >= 11 is 0. The SMILES string of the molecule is CC(C)CC(NC(=O)C(C)NS(C)(=O)=O)C(=O)O. The number of aliphatic carboxylic acids is 1. The molecule has 0 fully saturated rings. The lowest BCUT2D eigenvalue weighted by Gasteiger charge is -2.19. The fourth-order valence-corrected chi connectivity index (χ4v) is 2.11. The summed E-state index contributed by atoms with van der Waals surface area (Å²) in [6.07, 6.45) is 1.21. The lowest BCUT2D eigenvalue weighted by atomic mass is 10.0.